The first-order chi connectivity index (χ1) is 19.2. The molecule has 3 aromatic heterocycles. The van der Waals surface area contributed by atoms with E-state index >= 15 is 0 Å². The summed E-state index contributed by atoms with van der Waals surface area (Å²) in [5.74, 6) is 0.823. The lowest BCUT2D eigenvalue weighted by Gasteiger charge is -2.13. The molecule has 40 heavy (non-hydrogen) atoms. The molecule has 0 amide bonds. The van der Waals surface area contributed by atoms with Gasteiger partial charge in [0.15, 0.2) is 0 Å². The van der Waals surface area contributed by atoms with Gasteiger partial charge < -0.3 is 10.2 Å². The van der Waals surface area contributed by atoms with Gasteiger partial charge in [0.05, 0.1) is 16.7 Å². The van der Waals surface area contributed by atoms with E-state index < -0.39 is 0 Å². The lowest BCUT2D eigenvalue weighted by Crippen LogP contribution is -2.25. The van der Waals surface area contributed by atoms with Crippen LogP contribution < -0.4 is 15.9 Å². The van der Waals surface area contributed by atoms with Crippen LogP contribution in [0.25, 0.3) is 23.7 Å². The third-order valence-corrected chi connectivity index (χ3v) is 6.77. The van der Waals surface area contributed by atoms with Crippen molar-refractivity contribution >= 4 is 23.5 Å². The molecule has 0 aliphatic heterocycles. The van der Waals surface area contributed by atoms with Crippen molar-refractivity contribution in [1.82, 2.24) is 29.6 Å². The van der Waals surface area contributed by atoms with Crippen LogP contribution >= 0.6 is 0 Å². The molecule has 0 saturated heterocycles. The zero-order valence-electron chi connectivity index (χ0n) is 25.0. The highest BCUT2D eigenvalue weighted by Gasteiger charge is 2.11. The van der Waals surface area contributed by atoms with Gasteiger partial charge in [-0.2, -0.15) is 5.10 Å². The van der Waals surface area contributed by atoms with Crippen LogP contribution in [-0.4, -0.2) is 50.3 Å². The minimum atomic E-state index is 0.706. The highest BCUT2D eigenvalue weighted by molar-refractivity contribution is 5.76. The van der Waals surface area contributed by atoms with Crippen molar-refractivity contribution in [1.29, 1.82) is 0 Å². The van der Waals surface area contributed by atoms with Gasteiger partial charge in [-0.25, -0.2) is 9.97 Å². The maximum Gasteiger partial charge on any atom is 0.142 e. The van der Waals surface area contributed by atoms with E-state index in [2.05, 4.69) is 102 Å². The molecule has 7 nitrogen and oxygen atoms in total. The third-order valence-electron chi connectivity index (χ3n) is 6.77. The molecule has 0 spiro atoms. The maximum absolute atomic E-state index is 4.60. The molecule has 0 radical (unpaired) electrons. The Morgan fingerprint density at radius 2 is 1.98 bits per heavy atom. The van der Waals surface area contributed by atoms with E-state index in [1.165, 1.54) is 16.7 Å². The molecule has 2 N–H and O–H groups in total. The molecule has 0 saturated carbocycles. The van der Waals surface area contributed by atoms with Crippen molar-refractivity contribution < 1.29 is 0 Å². The number of hydrogen-bond donors (Lipinski definition) is 2. The molecule has 3 rings (SSSR count). The van der Waals surface area contributed by atoms with Crippen molar-refractivity contribution in [2.45, 2.75) is 47.5 Å². The molecule has 0 unspecified atom stereocenters. The van der Waals surface area contributed by atoms with Crippen LogP contribution in [0.4, 0.5) is 5.69 Å². The zero-order chi connectivity index (χ0) is 29.2. The molecule has 210 valence electrons. The van der Waals surface area contributed by atoms with E-state index in [-0.39, 0.29) is 0 Å². The average molecular weight is 538 g/mol. The van der Waals surface area contributed by atoms with E-state index in [9.17, 15) is 0 Å². The van der Waals surface area contributed by atoms with Crippen LogP contribution in [0.15, 0.2) is 79.0 Å². The van der Waals surface area contributed by atoms with Gasteiger partial charge in [0.1, 0.15) is 17.8 Å². The Bertz CT molecular complexity index is 1560. The summed E-state index contributed by atoms with van der Waals surface area (Å²) in [6.07, 6.45) is 20.2. The van der Waals surface area contributed by atoms with Crippen molar-refractivity contribution in [3.05, 3.63) is 106 Å². The lowest BCUT2D eigenvalue weighted by molar-refractivity contribution is 0.400. The predicted molar refractivity (Wildman–Crippen MR) is 170 cm³/mol. The summed E-state index contributed by atoms with van der Waals surface area (Å²) in [7, 11) is 4.21. The first-order valence-electron chi connectivity index (χ1n) is 13.6. The molecular weight excluding hydrogens is 494 g/mol. The Morgan fingerprint density at radius 3 is 2.60 bits per heavy atom. The topological polar surface area (TPSA) is 74.7 Å². The number of rotatable bonds is 12. The Labute approximate surface area is 238 Å². The highest BCUT2D eigenvalue weighted by Crippen LogP contribution is 2.23. The summed E-state index contributed by atoms with van der Waals surface area (Å²) >= 11 is 0. The summed E-state index contributed by atoms with van der Waals surface area (Å²) in [5, 5.41) is 13.1. The van der Waals surface area contributed by atoms with Crippen LogP contribution in [0.3, 0.4) is 0 Å². The first-order valence-corrected chi connectivity index (χ1v) is 13.6. The second-order valence-corrected chi connectivity index (χ2v) is 10.1. The normalized spacial score (nSPS) is 13.8. The quantitative estimate of drug-likeness (QED) is 0.294. The van der Waals surface area contributed by atoms with E-state index in [0.29, 0.717) is 5.70 Å². The van der Waals surface area contributed by atoms with Crippen molar-refractivity contribution in [2.75, 3.05) is 26.0 Å². The Balaban J connectivity index is 1.84. The molecular formula is C33H43N7. The molecule has 0 aliphatic rings. The second-order valence-electron chi connectivity index (χ2n) is 10.1. The van der Waals surface area contributed by atoms with Gasteiger partial charge in [-0.15, -0.1) is 0 Å². The minimum absolute atomic E-state index is 0.706. The van der Waals surface area contributed by atoms with Gasteiger partial charge in [0.2, 0.25) is 0 Å². The summed E-state index contributed by atoms with van der Waals surface area (Å²) in [4.78, 5) is 11.1. The number of anilines is 1. The number of aromatic amines is 1. The van der Waals surface area contributed by atoms with E-state index in [1.807, 2.05) is 43.7 Å². The SMILES string of the molecule is C=C\C(=C/C(=C\C)C(/C)=C/C=c1/[nH]nc(C(=C)Nc2ccnc(-n3cnc(C)c3)c2C)/c1=C\C)CCCN(C)C. The van der Waals surface area contributed by atoms with E-state index in [1.54, 1.807) is 12.5 Å². The molecule has 0 aromatic carbocycles. The number of H-pyrrole nitrogens is 1. The van der Waals surface area contributed by atoms with Crippen molar-refractivity contribution in [2.24, 2.45) is 0 Å². The van der Waals surface area contributed by atoms with Crippen molar-refractivity contribution in [3.8, 4) is 5.82 Å². The molecule has 7 heteroatoms. The van der Waals surface area contributed by atoms with Gasteiger partial charge in [-0.05, 0) is 97.0 Å². The number of imidazole rings is 1. The fourth-order valence-electron chi connectivity index (χ4n) is 4.45. The van der Waals surface area contributed by atoms with Crippen LogP contribution in [0.5, 0.6) is 0 Å². The van der Waals surface area contributed by atoms with Gasteiger partial charge >= 0.3 is 0 Å². The van der Waals surface area contributed by atoms with Crippen LogP contribution in [0.2, 0.25) is 0 Å². The average Bonchev–Trinajstić information content (AvgIpc) is 3.56. The van der Waals surface area contributed by atoms with Crippen molar-refractivity contribution in [3.63, 3.8) is 0 Å². The number of hydrogen-bond acceptors (Lipinski definition) is 5. The predicted octanol–water partition coefficient (Wildman–Crippen LogP) is 5.62. The standard InChI is InChI=1S/C33H43N7/c1-10-27(14-13-19-39(8)9)20-28(11-2)23(4)15-16-31-29(12-3)32(38-37-31)26(7)36-30-17-18-34-33(25(30)6)40-21-24(5)35-22-40/h10-12,15-18,20-22,37H,1,7,13-14,19H2,2-6,8-9H3,(H,34,36)/b23-15+,27-20+,28-11+,29-12-,31-16+. The Morgan fingerprint density at radius 1 is 1.20 bits per heavy atom. The molecule has 3 aromatic rings. The number of pyridine rings is 1. The van der Waals surface area contributed by atoms with Crippen LogP contribution in [-0.2, 0) is 0 Å². The van der Waals surface area contributed by atoms with Crippen LogP contribution in [0, 0.1) is 13.8 Å². The molecule has 0 aliphatic carbocycles. The number of aromatic nitrogens is 5. The summed E-state index contributed by atoms with van der Waals surface area (Å²) in [6.45, 7) is 19.6. The maximum atomic E-state index is 4.60. The molecule has 3 heterocycles. The lowest BCUT2D eigenvalue weighted by atomic mass is 10.0. The number of aryl methyl sites for hydroxylation is 1. The number of nitrogens with one attached hydrogen (secondary N) is 2. The molecule has 0 fully saturated rings. The fraction of sp³-hybridized carbons (Fsp3) is 0.303. The minimum Gasteiger partial charge on any atom is -0.354 e. The zero-order valence-corrected chi connectivity index (χ0v) is 25.0. The largest absolute Gasteiger partial charge is 0.354 e. The number of nitrogens with zero attached hydrogens (tertiary/aromatic N) is 5. The van der Waals surface area contributed by atoms with Crippen LogP contribution in [0.1, 0.15) is 50.6 Å². The van der Waals surface area contributed by atoms with E-state index in [0.717, 1.165) is 58.4 Å². The Kier molecular flexibility index (Phi) is 10.8. The summed E-state index contributed by atoms with van der Waals surface area (Å²) in [6, 6.07) is 1.94. The summed E-state index contributed by atoms with van der Waals surface area (Å²) < 4.78 is 1.93. The second kappa shape index (κ2) is 14.2. The van der Waals surface area contributed by atoms with Gasteiger partial charge in [0.25, 0.3) is 0 Å². The van der Waals surface area contributed by atoms with Gasteiger partial charge in [-0.3, -0.25) is 9.67 Å². The smallest absolute Gasteiger partial charge is 0.142 e. The Hall–Kier alpha value is -4.23. The monoisotopic (exact) mass is 537 g/mol. The summed E-state index contributed by atoms with van der Waals surface area (Å²) in [5.41, 5.74) is 7.93. The third kappa shape index (κ3) is 7.67. The molecule has 0 atom stereocenters. The van der Waals surface area contributed by atoms with Gasteiger partial charge in [-0.1, -0.05) is 43.5 Å². The van der Waals surface area contributed by atoms with E-state index in [4.69, 9.17) is 0 Å². The highest BCUT2D eigenvalue weighted by atomic mass is 15.1. The fourth-order valence-corrected chi connectivity index (χ4v) is 4.45. The number of allylic oxidation sites excluding steroid dienone is 7. The molecule has 0 bridgehead atoms. The van der Waals surface area contributed by atoms with Gasteiger partial charge in [0, 0.05) is 28.9 Å². The first kappa shape index (κ1) is 30.3.